The molecule has 19 heavy (non-hydrogen) atoms. The first-order valence-electron chi connectivity index (χ1n) is 7.18. The van der Waals surface area contributed by atoms with Crippen molar-refractivity contribution in [2.75, 3.05) is 26.2 Å². The van der Waals surface area contributed by atoms with Crippen LogP contribution in [-0.4, -0.2) is 35.6 Å². The zero-order chi connectivity index (χ0) is 13.4. The number of nitrogens with two attached hydrogens (primary N) is 1. The number of nitrogens with zero attached hydrogens (tertiary/aromatic N) is 2. The SMILES string of the molecule is Cc1c(C2CCN(CCN)C2)c2ccccc2n1C. The average Bonchev–Trinajstić information content (AvgIpc) is 2.96. The second kappa shape index (κ2) is 4.99. The summed E-state index contributed by atoms with van der Waals surface area (Å²) in [5.41, 5.74) is 10.00. The molecular weight excluding hydrogens is 234 g/mol. The number of hydrogen-bond acceptors (Lipinski definition) is 2. The lowest BCUT2D eigenvalue weighted by atomic mass is 9.95. The van der Waals surface area contributed by atoms with Crippen LogP contribution in [0.15, 0.2) is 24.3 Å². The van der Waals surface area contributed by atoms with Crippen LogP contribution in [0, 0.1) is 6.92 Å². The number of fused-ring (bicyclic) bond motifs is 1. The lowest BCUT2D eigenvalue weighted by molar-refractivity contribution is 0.344. The van der Waals surface area contributed by atoms with E-state index in [4.69, 9.17) is 5.73 Å². The first kappa shape index (κ1) is 12.7. The average molecular weight is 257 g/mol. The van der Waals surface area contributed by atoms with Crippen LogP contribution in [0.4, 0.5) is 0 Å². The van der Waals surface area contributed by atoms with Gasteiger partial charge in [0.25, 0.3) is 0 Å². The Morgan fingerprint density at radius 2 is 2.11 bits per heavy atom. The third kappa shape index (κ3) is 2.07. The van der Waals surface area contributed by atoms with E-state index in [1.54, 1.807) is 5.56 Å². The van der Waals surface area contributed by atoms with Gasteiger partial charge in [0, 0.05) is 49.2 Å². The molecule has 102 valence electrons. The van der Waals surface area contributed by atoms with Gasteiger partial charge in [-0.05, 0) is 31.5 Å². The summed E-state index contributed by atoms with van der Waals surface area (Å²) in [6.07, 6.45) is 1.26. The minimum absolute atomic E-state index is 0.664. The number of aromatic nitrogens is 1. The van der Waals surface area contributed by atoms with Gasteiger partial charge in [-0.15, -0.1) is 0 Å². The number of rotatable bonds is 3. The maximum atomic E-state index is 5.67. The van der Waals surface area contributed by atoms with E-state index in [0.29, 0.717) is 5.92 Å². The third-order valence-electron chi connectivity index (χ3n) is 4.57. The molecule has 3 rings (SSSR count). The maximum absolute atomic E-state index is 5.67. The molecule has 1 aliphatic heterocycles. The predicted molar refractivity (Wildman–Crippen MR) is 80.5 cm³/mol. The standard InChI is InChI=1S/C16H23N3/c1-12-16(13-7-9-19(11-13)10-8-17)14-5-3-4-6-15(14)18(12)2/h3-6,13H,7-11,17H2,1-2H3. The Hall–Kier alpha value is -1.32. The van der Waals surface area contributed by atoms with Crippen molar-refractivity contribution in [3.8, 4) is 0 Å². The van der Waals surface area contributed by atoms with Crippen molar-refractivity contribution in [3.63, 3.8) is 0 Å². The number of hydrogen-bond donors (Lipinski definition) is 1. The molecule has 3 heteroatoms. The number of benzene rings is 1. The molecule has 1 fully saturated rings. The smallest absolute Gasteiger partial charge is 0.0482 e. The van der Waals surface area contributed by atoms with E-state index in [1.807, 2.05) is 0 Å². The molecule has 1 aromatic carbocycles. The van der Waals surface area contributed by atoms with Crippen molar-refractivity contribution in [1.29, 1.82) is 0 Å². The molecule has 0 amide bonds. The molecule has 3 nitrogen and oxygen atoms in total. The minimum Gasteiger partial charge on any atom is -0.348 e. The monoisotopic (exact) mass is 257 g/mol. The highest BCUT2D eigenvalue weighted by atomic mass is 15.1. The normalized spacial score (nSPS) is 20.5. The van der Waals surface area contributed by atoms with E-state index in [-0.39, 0.29) is 0 Å². The Morgan fingerprint density at radius 1 is 1.32 bits per heavy atom. The fourth-order valence-electron chi connectivity index (χ4n) is 3.52. The van der Waals surface area contributed by atoms with Gasteiger partial charge in [0.05, 0.1) is 0 Å². The van der Waals surface area contributed by atoms with Gasteiger partial charge >= 0.3 is 0 Å². The Morgan fingerprint density at radius 3 is 2.89 bits per heavy atom. The van der Waals surface area contributed by atoms with Crippen molar-refractivity contribution in [2.24, 2.45) is 12.8 Å². The molecule has 2 N–H and O–H groups in total. The summed E-state index contributed by atoms with van der Waals surface area (Å²) in [6, 6.07) is 8.76. The second-order valence-corrected chi connectivity index (χ2v) is 5.65. The summed E-state index contributed by atoms with van der Waals surface area (Å²) >= 11 is 0. The molecule has 0 saturated carbocycles. The van der Waals surface area contributed by atoms with Crippen molar-refractivity contribution in [3.05, 3.63) is 35.5 Å². The fraction of sp³-hybridized carbons (Fsp3) is 0.500. The molecule has 2 heterocycles. The Labute approximate surface area is 115 Å². The van der Waals surface area contributed by atoms with Crippen LogP contribution in [0.25, 0.3) is 10.9 Å². The van der Waals surface area contributed by atoms with Crippen molar-refractivity contribution < 1.29 is 0 Å². The maximum Gasteiger partial charge on any atom is 0.0482 e. The molecule has 1 atom stereocenters. The van der Waals surface area contributed by atoms with Crippen molar-refractivity contribution >= 4 is 10.9 Å². The van der Waals surface area contributed by atoms with E-state index in [2.05, 4.69) is 47.7 Å². The first-order valence-corrected chi connectivity index (χ1v) is 7.18. The fourth-order valence-corrected chi connectivity index (χ4v) is 3.52. The highest BCUT2D eigenvalue weighted by Gasteiger charge is 2.27. The van der Waals surface area contributed by atoms with Crippen LogP contribution < -0.4 is 5.73 Å². The largest absolute Gasteiger partial charge is 0.348 e. The van der Waals surface area contributed by atoms with Crippen molar-refractivity contribution in [2.45, 2.75) is 19.3 Å². The lowest BCUT2D eigenvalue weighted by Gasteiger charge is -2.15. The van der Waals surface area contributed by atoms with Crippen LogP contribution in [0.1, 0.15) is 23.6 Å². The highest BCUT2D eigenvalue weighted by Crippen LogP contribution is 2.36. The second-order valence-electron chi connectivity index (χ2n) is 5.65. The van der Waals surface area contributed by atoms with Gasteiger partial charge in [0.2, 0.25) is 0 Å². The summed E-state index contributed by atoms with van der Waals surface area (Å²) in [6.45, 7) is 6.39. The number of likely N-dealkylation sites (tertiary alicyclic amines) is 1. The van der Waals surface area contributed by atoms with Gasteiger partial charge in [-0.3, -0.25) is 0 Å². The van der Waals surface area contributed by atoms with Crippen LogP contribution in [0.3, 0.4) is 0 Å². The van der Waals surface area contributed by atoms with Gasteiger partial charge in [0.15, 0.2) is 0 Å². The van der Waals surface area contributed by atoms with E-state index in [9.17, 15) is 0 Å². The third-order valence-corrected chi connectivity index (χ3v) is 4.57. The summed E-state index contributed by atoms with van der Waals surface area (Å²) in [4.78, 5) is 2.49. The van der Waals surface area contributed by atoms with E-state index < -0.39 is 0 Å². The molecule has 1 unspecified atom stereocenters. The van der Waals surface area contributed by atoms with Crippen LogP contribution in [0.2, 0.25) is 0 Å². The summed E-state index contributed by atoms with van der Waals surface area (Å²) in [7, 11) is 2.17. The van der Waals surface area contributed by atoms with Crippen LogP contribution in [0.5, 0.6) is 0 Å². The zero-order valence-corrected chi connectivity index (χ0v) is 11.9. The molecule has 0 radical (unpaired) electrons. The van der Waals surface area contributed by atoms with Gasteiger partial charge < -0.3 is 15.2 Å². The van der Waals surface area contributed by atoms with E-state index in [1.165, 1.54) is 29.6 Å². The topological polar surface area (TPSA) is 34.2 Å². The van der Waals surface area contributed by atoms with Crippen LogP contribution >= 0.6 is 0 Å². The van der Waals surface area contributed by atoms with Crippen LogP contribution in [-0.2, 0) is 7.05 Å². The molecule has 1 aromatic heterocycles. The van der Waals surface area contributed by atoms with E-state index >= 15 is 0 Å². The molecule has 2 aromatic rings. The predicted octanol–water partition coefficient (Wildman–Crippen LogP) is 2.23. The Bertz CT molecular complexity index is 585. The molecule has 0 spiro atoms. The minimum atomic E-state index is 0.664. The summed E-state index contributed by atoms with van der Waals surface area (Å²) in [5, 5.41) is 1.43. The quantitative estimate of drug-likeness (QED) is 0.915. The lowest BCUT2D eigenvalue weighted by Crippen LogP contribution is -2.27. The zero-order valence-electron chi connectivity index (χ0n) is 11.9. The summed E-state index contributed by atoms with van der Waals surface area (Å²) in [5.74, 6) is 0.664. The van der Waals surface area contributed by atoms with Gasteiger partial charge in [-0.2, -0.15) is 0 Å². The Kier molecular flexibility index (Phi) is 3.33. The number of aryl methyl sites for hydroxylation is 1. The molecular formula is C16H23N3. The van der Waals surface area contributed by atoms with Crippen molar-refractivity contribution in [1.82, 2.24) is 9.47 Å². The molecule has 1 aliphatic rings. The molecule has 0 aliphatic carbocycles. The van der Waals surface area contributed by atoms with E-state index in [0.717, 1.165) is 19.6 Å². The first-order chi connectivity index (χ1) is 9.22. The van der Waals surface area contributed by atoms with Gasteiger partial charge in [-0.25, -0.2) is 0 Å². The molecule has 0 bridgehead atoms. The highest BCUT2D eigenvalue weighted by molar-refractivity contribution is 5.86. The Balaban J connectivity index is 1.99. The van der Waals surface area contributed by atoms with Gasteiger partial charge in [0.1, 0.15) is 0 Å². The number of para-hydroxylation sites is 1. The summed E-state index contributed by atoms with van der Waals surface area (Å²) < 4.78 is 2.33. The van der Waals surface area contributed by atoms with Gasteiger partial charge in [-0.1, -0.05) is 18.2 Å². The molecule has 1 saturated heterocycles.